The second-order valence-corrected chi connectivity index (χ2v) is 15.5. The molecular weight excluding hydrogens is 685 g/mol. The molecule has 0 spiro atoms. The van der Waals surface area contributed by atoms with E-state index in [0.717, 1.165) is 44.1 Å². The number of halogens is 4. The average Bonchev–Trinajstić information content (AvgIpc) is 3.90. The second-order valence-electron chi connectivity index (χ2n) is 11.1. The van der Waals surface area contributed by atoms with Gasteiger partial charge in [0.1, 0.15) is 23.3 Å². The molecule has 0 N–H and O–H groups in total. The Bertz CT molecular complexity index is 2180. The lowest BCUT2D eigenvalue weighted by Crippen LogP contribution is -1.84. The fourth-order valence-corrected chi connectivity index (χ4v) is 9.86. The summed E-state index contributed by atoms with van der Waals surface area (Å²) in [5.41, 5.74) is 4.67. The van der Waals surface area contributed by atoms with Gasteiger partial charge in [-0.25, -0.2) is 17.6 Å². The molecule has 0 nitrogen and oxygen atoms in total. The maximum atomic E-state index is 13.7. The van der Waals surface area contributed by atoms with Gasteiger partial charge in [-0.05, 0) is 106 Å². The van der Waals surface area contributed by atoms with Crippen LogP contribution in [0.1, 0.15) is 0 Å². The summed E-state index contributed by atoms with van der Waals surface area (Å²) in [6, 6.07) is 39.8. The van der Waals surface area contributed by atoms with Gasteiger partial charge in [-0.1, -0.05) is 48.5 Å². The first-order valence-corrected chi connectivity index (χ1v) is 18.2. The van der Waals surface area contributed by atoms with Gasteiger partial charge in [-0.15, -0.1) is 45.3 Å². The Labute approximate surface area is 290 Å². The molecule has 0 radical (unpaired) electrons. The fraction of sp³-hybridized carbons (Fsp3) is 0. The zero-order chi connectivity index (χ0) is 32.8. The molecule has 4 heterocycles. The maximum Gasteiger partial charge on any atom is 0.126 e. The van der Waals surface area contributed by atoms with E-state index in [9.17, 15) is 17.6 Å². The zero-order valence-electron chi connectivity index (χ0n) is 24.8. The van der Waals surface area contributed by atoms with Crippen LogP contribution in [0.25, 0.3) is 72.4 Å². The van der Waals surface area contributed by atoms with Gasteiger partial charge in [0.15, 0.2) is 0 Å². The summed E-state index contributed by atoms with van der Waals surface area (Å²) < 4.78 is 54.8. The SMILES string of the molecule is Fc1cc(F)cc(-c2ccc(-c3ccc(-c4ccc(-c5ccc(-c6ccc(-c7ccc(-c8cc(F)cc(F)c8)cc7)s6)s5)s4)s3)cc2)c1. The molecule has 0 aliphatic carbocycles. The number of hydrogen-bond donors (Lipinski definition) is 0. The van der Waals surface area contributed by atoms with Crippen LogP contribution in [0.5, 0.6) is 0 Å². The number of hydrogen-bond acceptors (Lipinski definition) is 4. The van der Waals surface area contributed by atoms with E-state index in [2.05, 4.69) is 48.5 Å². The molecule has 8 rings (SSSR count). The highest BCUT2D eigenvalue weighted by Crippen LogP contribution is 2.45. The summed E-state index contributed by atoms with van der Waals surface area (Å²) in [4.78, 5) is 9.45. The van der Waals surface area contributed by atoms with Gasteiger partial charge in [-0.3, -0.25) is 0 Å². The Morgan fingerprint density at radius 1 is 0.229 bits per heavy atom. The summed E-state index contributed by atoms with van der Waals surface area (Å²) in [5.74, 6) is -2.35. The quantitative estimate of drug-likeness (QED) is 0.145. The molecular formula is C40H22F4S4. The molecule has 0 saturated heterocycles. The monoisotopic (exact) mass is 706 g/mol. The van der Waals surface area contributed by atoms with E-state index in [1.165, 1.54) is 53.5 Å². The van der Waals surface area contributed by atoms with Crippen molar-refractivity contribution in [2.24, 2.45) is 0 Å². The molecule has 0 aliphatic rings. The van der Waals surface area contributed by atoms with E-state index in [-0.39, 0.29) is 0 Å². The molecule has 48 heavy (non-hydrogen) atoms. The summed E-state index contributed by atoms with van der Waals surface area (Å²) >= 11 is 6.98. The van der Waals surface area contributed by atoms with Crippen molar-refractivity contribution in [3.05, 3.63) is 157 Å². The van der Waals surface area contributed by atoms with Crippen molar-refractivity contribution in [3.8, 4) is 72.4 Å². The van der Waals surface area contributed by atoms with E-state index < -0.39 is 23.3 Å². The van der Waals surface area contributed by atoms with E-state index >= 15 is 0 Å². The third-order valence-corrected chi connectivity index (χ3v) is 12.9. The van der Waals surface area contributed by atoms with Gasteiger partial charge in [0.2, 0.25) is 0 Å². The Balaban J connectivity index is 0.964. The summed E-state index contributed by atoms with van der Waals surface area (Å²) in [6.45, 7) is 0. The summed E-state index contributed by atoms with van der Waals surface area (Å²) in [6.07, 6.45) is 0. The minimum atomic E-state index is -0.588. The van der Waals surface area contributed by atoms with Gasteiger partial charge < -0.3 is 0 Å². The first-order chi connectivity index (χ1) is 23.3. The third kappa shape index (κ3) is 6.32. The highest BCUT2D eigenvalue weighted by molar-refractivity contribution is 7.29. The van der Waals surface area contributed by atoms with Gasteiger partial charge in [0.05, 0.1) is 0 Å². The largest absolute Gasteiger partial charge is 0.207 e. The maximum absolute atomic E-state index is 13.7. The van der Waals surface area contributed by atoms with Crippen LogP contribution in [0, 0.1) is 23.3 Å². The van der Waals surface area contributed by atoms with Crippen molar-refractivity contribution in [1.29, 1.82) is 0 Å². The van der Waals surface area contributed by atoms with Crippen LogP contribution < -0.4 is 0 Å². The Kier molecular flexibility index (Phi) is 8.18. The highest BCUT2D eigenvalue weighted by atomic mass is 32.1. The Morgan fingerprint density at radius 2 is 0.458 bits per heavy atom. The standard InChI is InChI=1S/C40H22F4S4/c41-29-17-27(18-30(42)21-29)23-1-5-25(6-2-23)33-9-11-35(45-33)37-13-15-39(47-37)40-16-14-38(48-40)36-12-10-34(46-36)26-7-3-24(4-8-26)28-19-31(43)22-32(44)20-28/h1-22H. The number of benzene rings is 4. The lowest BCUT2D eigenvalue weighted by Gasteiger charge is -2.04. The molecule has 0 amide bonds. The van der Waals surface area contributed by atoms with Gasteiger partial charge in [0, 0.05) is 51.1 Å². The normalized spacial score (nSPS) is 11.3. The lowest BCUT2D eigenvalue weighted by atomic mass is 10.0. The van der Waals surface area contributed by atoms with E-state index in [1.807, 2.05) is 48.5 Å². The molecule has 4 aromatic carbocycles. The second kappa shape index (κ2) is 12.8. The van der Waals surface area contributed by atoms with Crippen LogP contribution >= 0.6 is 45.3 Å². The van der Waals surface area contributed by atoms with Gasteiger partial charge >= 0.3 is 0 Å². The summed E-state index contributed by atoms with van der Waals surface area (Å²) in [7, 11) is 0. The highest BCUT2D eigenvalue weighted by Gasteiger charge is 2.14. The molecule has 0 aliphatic heterocycles. The van der Waals surface area contributed by atoms with Crippen molar-refractivity contribution < 1.29 is 17.6 Å². The molecule has 0 fully saturated rings. The zero-order valence-corrected chi connectivity index (χ0v) is 28.1. The van der Waals surface area contributed by atoms with Crippen LogP contribution in [0.4, 0.5) is 17.6 Å². The topological polar surface area (TPSA) is 0 Å². The van der Waals surface area contributed by atoms with Crippen molar-refractivity contribution in [2.45, 2.75) is 0 Å². The predicted molar refractivity (Wildman–Crippen MR) is 196 cm³/mol. The van der Waals surface area contributed by atoms with E-state index in [0.29, 0.717) is 11.1 Å². The van der Waals surface area contributed by atoms with E-state index in [1.54, 1.807) is 45.3 Å². The number of thiophene rings is 4. The fourth-order valence-electron chi connectivity index (χ4n) is 5.55. The predicted octanol–water partition coefficient (Wildman–Crippen LogP) is 14.2. The number of rotatable bonds is 7. The molecule has 0 saturated carbocycles. The molecule has 234 valence electrons. The van der Waals surface area contributed by atoms with E-state index in [4.69, 9.17) is 0 Å². The smallest absolute Gasteiger partial charge is 0.126 e. The van der Waals surface area contributed by atoms with Crippen LogP contribution in [0.15, 0.2) is 133 Å². The molecule has 0 bridgehead atoms. The minimum Gasteiger partial charge on any atom is -0.207 e. The van der Waals surface area contributed by atoms with Crippen LogP contribution in [0.2, 0.25) is 0 Å². The molecule has 0 unspecified atom stereocenters. The summed E-state index contributed by atoms with van der Waals surface area (Å²) in [5, 5.41) is 0. The minimum absolute atomic E-state index is 0.515. The first kappa shape index (κ1) is 30.7. The molecule has 8 heteroatoms. The van der Waals surface area contributed by atoms with Crippen molar-refractivity contribution in [3.63, 3.8) is 0 Å². The Hall–Kier alpha value is -4.60. The molecule has 8 aromatic rings. The lowest BCUT2D eigenvalue weighted by molar-refractivity contribution is 0.583. The molecule has 0 atom stereocenters. The van der Waals surface area contributed by atoms with Crippen molar-refractivity contribution in [1.82, 2.24) is 0 Å². The Morgan fingerprint density at radius 3 is 0.750 bits per heavy atom. The van der Waals surface area contributed by atoms with Crippen LogP contribution in [0.3, 0.4) is 0 Å². The van der Waals surface area contributed by atoms with Crippen LogP contribution in [-0.4, -0.2) is 0 Å². The van der Waals surface area contributed by atoms with Crippen LogP contribution in [-0.2, 0) is 0 Å². The van der Waals surface area contributed by atoms with Gasteiger partial charge in [0.25, 0.3) is 0 Å². The average molecular weight is 707 g/mol. The third-order valence-electron chi connectivity index (χ3n) is 7.88. The first-order valence-electron chi connectivity index (χ1n) is 14.9. The van der Waals surface area contributed by atoms with Crippen molar-refractivity contribution >= 4 is 45.3 Å². The van der Waals surface area contributed by atoms with Crippen molar-refractivity contribution in [2.75, 3.05) is 0 Å². The van der Waals surface area contributed by atoms with Gasteiger partial charge in [-0.2, -0.15) is 0 Å². The molecule has 4 aromatic heterocycles.